The van der Waals surface area contributed by atoms with Gasteiger partial charge in [0.05, 0.1) is 0 Å². The van der Waals surface area contributed by atoms with Crippen LogP contribution in [0.25, 0.3) is 22.3 Å². The molecule has 0 nitrogen and oxygen atoms in total. The van der Waals surface area contributed by atoms with E-state index in [-0.39, 0.29) is 31.8 Å². The Bertz CT molecular complexity index is 3560. The molecule has 2 aliphatic rings. The van der Waals surface area contributed by atoms with Gasteiger partial charge in [0.15, 0.2) is 0 Å². The van der Waals surface area contributed by atoms with Crippen LogP contribution in [0, 0.1) is 13.8 Å². The van der Waals surface area contributed by atoms with Crippen LogP contribution in [0.3, 0.4) is 0 Å². The van der Waals surface area contributed by atoms with E-state index in [4.69, 9.17) is 16.4 Å². The van der Waals surface area contributed by atoms with Gasteiger partial charge in [0.2, 0.25) is 0 Å². The number of fused-ring (bicyclic) bond motifs is 10. The Labute approximate surface area is 367 Å². The second-order valence-corrected chi connectivity index (χ2v) is 25.6. The fourth-order valence-electron chi connectivity index (χ4n) is 8.17. The van der Waals surface area contributed by atoms with E-state index in [1.807, 2.05) is 50.2 Å². The van der Waals surface area contributed by atoms with Gasteiger partial charge in [-0.2, -0.15) is 0 Å². The Balaban J connectivity index is 1.40. The number of rotatable bonds is 6. The van der Waals surface area contributed by atoms with Crippen LogP contribution < -0.4 is 31.8 Å². The number of aryl methyl sites for hydroxylation is 2. The summed E-state index contributed by atoms with van der Waals surface area (Å²) in [6.07, 6.45) is 0. The molecule has 2 aliphatic carbocycles. The van der Waals surface area contributed by atoms with Crippen molar-refractivity contribution in [1.82, 2.24) is 0 Å². The maximum absolute atomic E-state index is 9.36. The Morgan fingerprint density at radius 3 is 0.945 bits per heavy atom. The molecule has 4 heteroatoms. The van der Waals surface area contributed by atoms with Crippen LogP contribution in [0.15, 0.2) is 194 Å². The first-order valence-corrected chi connectivity index (χ1v) is 25.2. The molecule has 55 heavy (non-hydrogen) atoms. The van der Waals surface area contributed by atoms with Gasteiger partial charge in [-0.3, -0.25) is 0 Å². The van der Waals surface area contributed by atoms with Gasteiger partial charge < -0.3 is 0 Å². The molecule has 0 fully saturated rings. The van der Waals surface area contributed by atoms with Gasteiger partial charge in [-0.25, -0.2) is 0 Å². The minimum absolute atomic E-state index is 0.255. The van der Waals surface area contributed by atoms with Crippen molar-refractivity contribution in [3.8, 4) is 22.3 Å². The predicted octanol–water partition coefficient (Wildman–Crippen LogP) is 9.40. The maximum atomic E-state index is 9.36. The van der Waals surface area contributed by atoms with Crippen molar-refractivity contribution in [2.24, 2.45) is 0 Å². The molecule has 0 amide bonds. The fourth-order valence-corrected chi connectivity index (χ4v) is 16.3. The molecule has 0 radical (unpaired) electrons. The molecule has 0 atom stereocenters. The Hall–Kier alpha value is -4.34. The molecular weight excluding hydrogens is 832 g/mol. The molecular formula is C51H38P2Se2. The summed E-state index contributed by atoms with van der Waals surface area (Å²) >= 11 is 6.26. The third-order valence-corrected chi connectivity index (χ3v) is 23.2. The topological polar surface area (TPSA) is 0 Å². The Kier molecular flexibility index (Phi) is 4.80. The third-order valence-electron chi connectivity index (χ3n) is 10.5. The number of hydrogen-bond acceptors (Lipinski definition) is 0. The summed E-state index contributed by atoms with van der Waals surface area (Å²) in [5.41, 5.74) is -2.19. The van der Waals surface area contributed by atoms with E-state index in [9.17, 15) is 11.0 Å². The first-order valence-electron chi connectivity index (χ1n) is 27.2. The zero-order valence-corrected chi connectivity index (χ0v) is 34.4. The average Bonchev–Trinajstić information content (AvgIpc) is 3.85. The summed E-state index contributed by atoms with van der Waals surface area (Å²) in [6.45, 7) is 3.85. The van der Waals surface area contributed by atoms with Crippen LogP contribution in [0.4, 0.5) is 0 Å². The van der Waals surface area contributed by atoms with E-state index in [1.165, 1.54) is 0 Å². The molecule has 8 aromatic rings. The van der Waals surface area contributed by atoms with E-state index in [1.54, 1.807) is 36.4 Å². The van der Waals surface area contributed by atoms with Gasteiger partial charge in [-0.1, -0.05) is 0 Å². The predicted molar refractivity (Wildman–Crippen MR) is 241 cm³/mol. The van der Waals surface area contributed by atoms with E-state index < -0.39 is 137 Å². The van der Waals surface area contributed by atoms with E-state index in [0.29, 0.717) is 22.3 Å². The summed E-state index contributed by atoms with van der Waals surface area (Å²) < 4.78 is 179. The minimum atomic E-state index is -4.07. The third kappa shape index (κ3) is 5.17. The zero-order chi connectivity index (χ0) is 54.8. The molecule has 0 heterocycles. The van der Waals surface area contributed by atoms with Crippen molar-refractivity contribution in [2.75, 3.05) is 0 Å². The summed E-state index contributed by atoms with van der Waals surface area (Å²) in [7, 11) is 0. The van der Waals surface area contributed by atoms with Gasteiger partial charge in [0.1, 0.15) is 0 Å². The van der Waals surface area contributed by atoms with Crippen molar-refractivity contribution in [2.45, 2.75) is 19.3 Å². The van der Waals surface area contributed by atoms with Gasteiger partial charge in [0, 0.05) is 0 Å². The molecule has 8 aromatic carbocycles. The van der Waals surface area contributed by atoms with Crippen molar-refractivity contribution >= 4 is 73.0 Å². The zero-order valence-electron chi connectivity index (χ0n) is 49.1. The van der Waals surface area contributed by atoms with Crippen molar-refractivity contribution in [3.05, 3.63) is 227 Å². The monoisotopic (exact) mass is 892 g/mol. The molecule has 1 spiro atoms. The summed E-state index contributed by atoms with van der Waals surface area (Å²) in [4.78, 5) is 0. The summed E-state index contributed by atoms with van der Waals surface area (Å²) in [6, 6.07) is 9.09. The second-order valence-electron chi connectivity index (χ2n) is 13.4. The quantitative estimate of drug-likeness (QED) is 0.115. The van der Waals surface area contributed by atoms with Gasteiger partial charge in [-0.15, -0.1) is 0 Å². The van der Waals surface area contributed by atoms with E-state index in [2.05, 4.69) is 30.2 Å². The van der Waals surface area contributed by atoms with Crippen LogP contribution in [-0.2, 0) is 5.41 Å². The Morgan fingerprint density at radius 2 is 0.636 bits per heavy atom. The van der Waals surface area contributed by atoms with Crippen LogP contribution in [0.1, 0.15) is 60.8 Å². The second kappa shape index (κ2) is 13.4. The standard InChI is InChI=1S/C51H38P2Se2/c1-35-23-27-43-44-28-24-36(2)32-48(44)51(47(43)31-35)49-33-41(52(54,37-15-7-3-8-16-37)38-17-9-4-10-18-38)25-29-45(49)46-30-26-42(34-50(46)51)53(55,39-19-11-5-12-20-39)40-21-13-6-14-22-40/h3-34H,1-2H3/i3D,4D,5D,6D,7D,8D,9D,10D,11D,12D,13D,14D,15D,16D,17D,18D,19D,20D,21D,22D. The van der Waals surface area contributed by atoms with Crippen LogP contribution in [0.5, 0.6) is 0 Å². The molecule has 0 saturated heterocycles. The molecule has 0 bridgehead atoms. The SMILES string of the molecule is [2H]c1c([2H])c([2H])c(P(=[Se])(c2ccc3c(c2)C2(c4cc(C)ccc4-c4ccc(C)cc42)c2cc(P(=[Se])(c4c([2H])c([2H])c([2H])c([2H])c4[2H])c4c([2H])c([2H])c([2H])c([2H])c4[2H])ccc2-3)c2c([2H])c([2H])c([2H])c([2H])c2[2H])c([2H])c1[2H]. The molecule has 0 saturated carbocycles. The fraction of sp³-hybridized carbons (Fsp3) is 0.0588. The molecule has 0 aromatic heterocycles. The van der Waals surface area contributed by atoms with Crippen molar-refractivity contribution < 1.29 is 27.4 Å². The van der Waals surface area contributed by atoms with Gasteiger partial charge >= 0.3 is 369 Å². The van der Waals surface area contributed by atoms with Crippen molar-refractivity contribution in [1.29, 1.82) is 0 Å². The van der Waals surface area contributed by atoms with Crippen LogP contribution >= 0.6 is 11.0 Å². The van der Waals surface area contributed by atoms with Gasteiger partial charge in [0.25, 0.3) is 0 Å². The normalized spacial score (nSPS) is 18.7. The average molecular weight is 891 g/mol. The summed E-state index contributed by atoms with van der Waals surface area (Å²) in [5.74, 6) is 0. The first kappa shape index (κ1) is 19.7. The molecule has 10 rings (SSSR count). The number of hydrogen-bond donors (Lipinski definition) is 0. The first-order chi connectivity index (χ1) is 35.1. The number of benzene rings is 8. The molecule has 0 N–H and O–H groups in total. The van der Waals surface area contributed by atoms with E-state index >= 15 is 0 Å². The molecule has 0 unspecified atom stereocenters. The van der Waals surface area contributed by atoms with Crippen LogP contribution in [0.2, 0.25) is 0 Å². The Morgan fingerprint density at radius 1 is 0.364 bits per heavy atom. The summed E-state index contributed by atoms with van der Waals surface area (Å²) in [5, 5.41) is -0.635. The van der Waals surface area contributed by atoms with Crippen molar-refractivity contribution in [3.63, 3.8) is 0 Å². The molecule has 0 aliphatic heterocycles. The molecule has 264 valence electrons. The van der Waals surface area contributed by atoms with E-state index in [0.717, 1.165) is 33.4 Å². The van der Waals surface area contributed by atoms with Gasteiger partial charge in [-0.05, 0) is 0 Å². The van der Waals surface area contributed by atoms with Crippen LogP contribution in [-0.4, -0.2) is 30.2 Å².